The second-order valence-electron chi connectivity index (χ2n) is 5.82. The Kier molecular flexibility index (Phi) is 5.75. The molecule has 0 spiro atoms. The molecule has 9 heteroatoms. The highest BCUT2D eigenvalue weighted by Gasteiger charge is 2.16. The Labute approximate surface area is 159 Å². The first-order valence-corrected chi connectivity index (χ1v) is 9.60. The molecule has 1 aliphatic rings. The average molecular weight is 388 g/mol. The van der Waals surface area contributed by atoms with Gasteiger partial charge in [-0.05, 0) is 29.7 Å². The predicted octanol–water partition coefficient (Wildman–Crippen LogP) is 3.56. The highest BCUT2D eigenvalue weighted by atomic mass is 32.2. The number of hydrogen-bond acceptors (Lipinski definition) is 8. The molecule has 1 aromatic carbocycles. The molecule has 2 heterocycles. The molecule has 3 rings (SSSR count). The Hall–Kier alpha value is -2.57. The van der Waals surface area contributed by atoms with Crippen LogP contribution >= 0.6 is 23.3 Å². The minimum atomic E-state index is -0.526. The molecule has 0 saturated heterocycles. The Morgan fingerprint density at radius 2 is 2.27 bits per heavy atom. The van der Waals surface area contributed by atoms with Crippen LogP contribution in [0.2, 0.25) is 0 Å². The van der Waals surface area contributed by atoms with Gasteiger partial charge in [-0.25, -0.2) is 0 Å². The van der Waals surface area contributed by atoms with Gasteiger partial charge in [0, 0.05) is 17.3 Å². The van der Waals surface area contributed by atoms with E-state index in [2.05, 4.69) is 28.5 Å². The summed E-state index contributed by atoms with van der Waals surface area (Å²) in [5.74, 6) is 2.13. The van der Waals surface area contributed by atoms with Gasteiger partial charge < -0.3 is 9.47 Å². The number of nitriles is 1. The van der Waals surface area contributed by atoms with Crippen LogP contribution in [0.15, 0.2) is 28.9 Å². The maximum atomic E-state index is 12.3. The second kappa shape index (κ2) is 8.21. The van der Waals surface area contributed by atoms with Crippen molar-refractivity contribution in [3.05, 3.63) is 29.3 Å². The number of thioether (sulfide) groups is 1. The number of nitrogens with zero attached hydrogens (tertiary/aromatic N) is 3. The van der Waals surface area contributed by atoms with Crippen molar-refractivity contribution in [2.75, 3.05) is 17.9 Å². The molecule has 0 radical (unpaired) electrons. The van der Waals surface area contributed by atoms with Crippen LogP contribution in [0.25, 0.3) is 6.08 Å². The Balaban J connectivity index is 1.68. The third kappa shape index (κ3) is 4.53. The predicted molar refractivity (Wildman–Crippen MR) is 100 cm³/mol. The van der Waals surface area contributed by atoms with Gasteiger partial charge in [0.15, 0.2) is 11.5 Å². The van der Waals surface area contributed by atoms with Crippen LogP contribution in [0.4, 0.5) is 5.13 Å². The third-order valence-corrected chi connectivity index (χ3v) is 5.27. The summed E-state index contributed by atoms with van der Waals surface area (Å²) >= 11 is 2.63. The third-order valence-electron chi connectivity index (χ3n) is 3.25. The number of rotatable bonds is 6. The fraction of sp³-hybridized carbons (Fsp3) is 0.294. The lowest BCUT2D eigenvalue weighted by atomic mass is 10.1. The first-order chi connectivity index (χ1) is 12.5. The summed E-state index contributed by atoms with van der Waals surface area (Å²) in [6.45, 7) is 4.40. The molecule has 0 atom stereocenters. The molecule has 0 saturated carbocycles. The number of amides is 1. The summed E-state index contributed by atoms with van der Waals surface area (Å²) in [6.07, 6.45) is 1.49. The number of anilines is 1. The van der Waals surface area contributed by atoms with Gasteiger partial charge in [0.05, 0.1) is 0 Å². The fourth-order valence-corrected chi connectivity index (χ4v) is 3.53. The molecule has 1 amide bonds. The van der Waals surface area contributed by atoms with Crippen LogP contribution in [0.3, 0.4) is 0 Å². The van der Waals surface area contributed by atoms with Crippen molar-refractivity contribution in [1.29, 1.82) is 5.26 Å². The standard InChI is InChI=1S/C17H16N4O3S2/c1-10(2)8-25-17-20-16(26-21-17)19-15(22)12(7-18)5-11-3-4-13-14(6-11)24-9-23-13/h3-6,10H,8-9H2,1-2H3,(H,19,20,21,22)/b12-5-. The molecule has 134 valence electrons. The summed E-state index contributed by atoms with van der Waals surface area (Å²) in [7, 11) is 0. The number of aromatic nitrogens is 2. The van der Waals surface area contributed by atoms with Crippen LogP contribution in [-0.4, -0.2) is 27.8 Å². The van der Waals surface area contributed by atoms with Gasteiger partial charge in [-0.15, -0.1) is 0 Å². The van der Waals surface area contributed by atoms with E-state index in [1.54, 1.807) is 18.2 Å². The van der Waals surface area contributed by atoms with Gasteiger partial charge >= 0.3 is 0 Å². The lowest BCUT2D eigenvalue weighted by molar-refractivity contribution is -0.112. The van der Waals surface area contributed by atoms with Crippen molar-refractivity contribution in [2.45, 2.75) is 19.0 Å². The molecule has 0 unspecified atom stereocenters. The van der Waals surface area contributed by atoms with E-state index in [0.29, 0.717) is 33.3 Å². The van der Waals surface area contributed by atoms with Gasteiger partial charge in [0.25, 0.3) is 5.91 Å². The summed E-state index contributed by atoms with van der Waals surface area (Å²) in [6, 6.07) is 7.13. The summed E-state index contributed by atoms with van der Waals surface area (Å²) in [5, 5.41) is 12.9. The molecule has 2 aromatic rings. The normalized spacial score (nSPS) is 12.9. The second-order valence-corrected chi connectivity index (χ2v) is 7.56. The smallest absolute Gasteiger partial charge is 0.268 e. The van der Waals surface area contributed by atoms with E-state index in [4.69, 9.17) is 9.47 Å². The van der Waals surface area contributed by atoms with E-state index in [1.807, 2.05) is 6.07 Å². The maximum absolute atomic E-state index is 12.3. The highest BCUT2D eigenvalue weighted by molar-refractivity contribution is 7.99. The first kappa shape index (κ1) is 18.2. The average Bonchev–Trinajstić information content (AvgIpc) is 3.26. The molecule has 1 aliphatic heterocycles. The minimum Gasteiger partial charge on any atom is -0.454 e. The number of carbonyl (C=O) groups is 1. The molecule has 26 heavy (non-hydrogen) atoms. The van der Waals surface area contributed by atoms with Gasteiger partial charge in [0.1, 0.15) is 11.6 Å². The first-order valence-electron chi connectivity index (χ1n) is 7.84. The monoisotopic (exact) mass is 388 g/mol. The number of benzene rings is 1. The molecule has 1 N–H and O–H groups in total. The van der Waals surface area contributed by atoms with Gasteiger partial charge in [-0.3, -0.25) is 10.1 Å². The zero-order valence-electron chi connectivity index (χ0n) is 14.2. The number of nitrogens with one attached hydrogen (secondary N) is 1. The lowest BCUT2D eigenvalue weighted by Gasteiger charge is -2.01. The van der Waals surface area contributed by atoms with E-state index in [-0.39, 0.29) is 12.4 Å². The highest BCUT2D eigenvalue weighted by Crippen LogP contribution is 2.33. The van der Waals surface area contributed by atoms with Crippen LogP contribution < -0.4 is 14.8 Å². The van der Waals surface area contributed by atoms with Crippen molar-refractivity contribution in [2.24, 2.45) is 5.92 Å². The van der Waals surface area contributed by atoms with Crippen LogP contribution in [0.1, 0.15) is 19.4 Å². The van der Waals surface area contributed by atoms with E-state index in [0.717, 1.165) is 17.3 Å². The van der Waals surface area contributed by atoms with Crippen molar-refractivity contribution in [3.8, 4) is 17.6 Å². The number of hydrogen-bond donors (Lipinski definition) is 1. The zero-order chi connectivity index (χ0) is 18.5. The fourth-order valence-electron chi connectivity index (χ4n) is 2.04. The SMILES string of the molecule is CC(C)CSc1nsc(NC(=O)/C(C#N)=C\c2ccc3c(c2)OCO3)n1. The molecule has 0 aliphatic carbocycles. The number of ether oxygens (including phenoxy) is 2. The maximum Gasteiger partial charge on any atom is 0.268 e. The Morgan fingerprint density at radius 3 is 3.04 bits per heavy atom. The van der Waals surface area contributed by atoms with Crippen LogP contribution in [-0.2, 0) is 4.79 Å². The minimum absolute atomic E-state index is 0.0320. The van der Waals surface area contributed by atoms with E-state index in [1.165, 1.54) is 17.8 Å². The number of carbonyl (C=O) groups excluding carboxylic acids is 1. The number of fused-ring (bicyclic) bond motifs is 1. The topological polar surface area (TPSA) is 97.1 Å². The summed E-state index contributed by atoms with van der Waals surface area (Å²) < 4.78 is 14.7. The molecule has 1 aromatic heterocycles. The van der Waals surface area contributed by atoms with Gasteiger partial charge in [-0.1, -0.05) is 31.7 Å². The largest absolute Gasteiger partial charge is 0.454 e. The van der Waals surface area contributed by atoms with Crippen molar-refractivity contribution in [1.82, 2.24) is 9.36 Å². The van der Waals surface area contributed by atoms with Crippen molar-refractivity contribution >= 4 is 40.4 Å². The molecule has 0 fully saturated rings. The van der Waals surface area contributed by atoms with Crippen molar-refractivity contribution in [3.63, 3.8) is 0 Å². The molecule has 0 bridgehead atoms. The van der Waals surface area contributed by atoms with E-state index < -0.39 is 5.91 Å². The van der Waals surface area contributed by atoms with Gasteiger partial charge in [-0.2, -0.15) is 14.6 Å². The lowest BCUT2D eigenvalue weighted by Crippen LogP contribution is -2.13. The summed E-state index contributed by atoms with van der Waals surface area (Å²) in [4.78, 5) is 16.6. The molecular weight excluding hydrogens is 372 g/mol. The zero-order valence-corrected chi connectivity index (χ0v) is 15.8. The van der Waals surface area contributed by atoms with Crippen molar-refractivity contribution < 1.29 is 14.3 Å². The summed E-state index contributed by atoms with van der Waals surface area (Å²) in [5.41, 5.74) is 0.641. The van der Waals surface area contributed by atoms with Gasteiger partial charge in [0.2, 0.25) is 17.1 Å². The van der Waals surface area contributed by atoms with Crippen LogP contribution in [0, 0.1) is 17.2 Å². The quantitative estimate of drug-likeness (QED) is 0.459. The van der Waals surface area contributed by atoms with E-state index >= 15 is 0 Å². The molecular formula is C17H16N4O3S2. The Bertz CT molecular complexity index is 886. The molecule has 7 nitrogen and oxygen atoms in total. The Morgan fingerprint density at radius 1 is 1.46 bits per heavy atom. The van der Waals surface area contributed by atoms with Crippen LogP contribution in [0.5, 0.6) is 11.5 Å². The van der Waals surface area contributed by atoms with E-state index in [9.17, 15) is 10.1 Å².